The van der Waals surface area contributed by atoms with E-state index in [4.69, 9.17) is 5.26 Å². The molecule has 1 N–H and O–H groups in total. The number of nitrogens with one attached hydrogen (secondary N) is 1. The van der Waals surface area contributed by atoms with Gasteiger partial charge in [-0.25, -0.2) is 13.1 Å². The lowest BCUT2D eigenvalue weighted by Gasteiger charge is -2.27. The zero-order valence-corrected chi connectivity index (χ0v) is 9.89. The molecule has 0 aromatic heterocycles. The SMILES string of the molecule is CCC1CCC(NS(=O)(=O)CC#N)CC1. The highest BCUT2D eigenvalue weighted by Gasteiger charge is 2.23. The maximum atomic E-state index is 11.3. The molecule has 1 saturated carbocycles. The second kappa shape index (κ2) is 5.47. The Morgan fingerprint density at radius 3 is 2.40 bits per heavy atom. The molecule has 0 unspecified atom stereocenters. The van der Waals surface area contributed by atoms with Gasteiger partial charge in [0, 0.05) is 6.04 Å². The number of sulfonamides is 1. The quantitative estimate of drug-likeness (QED) is 0.793. The Labute approximate surface area is 91.7 Å². The average Bonchev–Trinajstić information content (AvgIpc) is 2.18. The van der Waals surface area contributed by atoms with Crippen molar-refractivity contribution in [3.63, 3.8) is 0 Å². The first-order valence-electron chi connectivity index (χ1n) is 5.44. The van der Waals surface area contributed by atoms with Crippen molar-refractivity contribution < 1.29 is 8.42 Å². The summed E-state index contributed by atoms with van der Waals surface area (Å²) in [6.45, 7) is 2.17. The maximum Gasteiger partial charge on any atom is 0.225 e. The molecular weight excluding hydrogens is 212 g/mol. The van der Waals surface area contributed by atoms with E-state index in [1.54, 1.807) is 6.07 Å². The molecule has 0 saturated heterocycles. The third-order valence-corrected chi connectivity index (χ3v) is 4.23. The lowest BCUT2D eigenvalue weighted by atomic mass is 9.85. The van der Waals surface area contributed by atoms with Crippen LogP contribution in [0.1, 0.15) is 39.0 Å². The molecular formula is C10H18N2O2S. The molecule has 0 amide bonds. The lowest BCUT2D eigenvalue weighted by molar-refractivity contribution is 0.306. The molecule has 0 bridgehead atoms. The number of nitrogens with zero attached hydrogens (tertiary/aromatic N) is 1. The fourth-order valence-electron chi connectivity index (χ4n) is 2.07. The Hall–Kier alpha value is -0.600. The highest BCUT2D eigenvalue weighted by atomic mass is 32.2. The van der Waals surface area contributed by atoms with Crippen LogP contribution in [-0.2, 0) is 10.0 Å². The summed E-state index contributed by atoms with van der Waals surface area (Å²) < 4.78 is 25.2. The van der Waals surface area contributed by atoms with E-state index in [0.717, 1.165) is 31.6 Å². The summed E-state index contributed by atoms with van der Waals surface area (Å²) in [7, 11) is -3.37. The molecule has 0 aromatic carbocycles. The maximum absolute atomic E-state index is 11.3. The minimum atomic E-state index is -3.37. The van der Waals surface area contributed by atoms with Gasteiger partial charge >= 0.3 is 0 Å². The highest BCUT2D eigenvalue weighted by Crippen LogP contribution is 2.26. The number of nitriles is 1. The molecule has 5 heteroatoms. The Morgan fingerprint density at radius 1 is 1.33 bits per heavy atom. The summed E-state index contributed by atoms with van der Waals surface area (Å²) >= 11 is 0. The minimum absolute atomic E-state index is 0.0474. The Bertz CT molecular complexity index is 324. The summed E-state index contributed by atoms with van der Waals surface area (Å²) in [4.78, 5) is 0. The van der Waals surface area contributed by atoms with Gasteiger partial charge in [-0.05, 0) is 31.6 Å². The monoisotopic (exact) mass is 230 g/mol. The Kier molecular flexibility index (Phi) is 4.55. The van der Waals surface area contributed by atoms with E-state index in [-0.39, 0.29) is 6.04 Å². The fraction of sp³-hybridized carbons (Fsp3) is 0.900. The molecule has 0 aromatic rings. The van der Waals surface area contributed by atoms with Gasteiger partial charge in [-0.15, -0.1) is 0 Å². The van der Waals surface area contributed by atoms with Crippen LogP contribution in [0.15, 0.2) is 0 Å². The van der Waals surface area contributed by atoms with Gasteiger partial charge in [0.05, 0.1) is 6.07 Å². The first kappa shape index (κ1) is 12.5. The van der Waals surface area contributed by atoms with Gasteiger partial charge in [-0.2, -0.15) is 5.26 Å². The molecule has 15 heavy (non-hydrogen) atoms. The molecule has 86 valence electrons. The second-order valence-corrected chi connectivity index (χ2v) is 5.91. The topological polar surface area (TPSA) is 70.0 Å². The summed E-state index contributed by atoms with van der Waals surface area (Å²) in [6, 6.07) is 1.71. The van der Waals surface area contributed by atoms with Gasteiger partial charge in [0.1, 0.15) is 0 Å². The summed E-state index contributed by atoms with van der Waals surface area (Å²) in [6.07, 6.45) is 5.18. The number of hydrogen-bond acceptors (Lipinski definition) is 3. The van der Waals surface area contributed by atoms with E-state index in [1.807, 2.05) is 0 Å². The fourth-order valence-corrected chi connectivity index (χ4v) is 3.07. The van der Waals surface area contributed by atoms with Crippen molar-refractivity contribution in [3.8, 4) is 6.07 Å². The number of hydrogen-bond donors (Lipinski definition) is 1. The van der Waals surface area contributed by atoms with E-state index in [1.165, 1.54) is 6.42 Å². The van der Waals surface area contributed by atoms with Crippen molar-refractivity contribution in [1.29, 1.82) is 5.26 Å². The molecule has 1 fully saturated rings. The normalized spacial score (nSPS) is 27.2. The predicted molar refractivity (Wildman–Crippen MR) is 58.6 cm³/mol. The molecule has 0 heterocycles. The van der Waals surface area contributed by atoms with E-state index < -0.39 is 15.8 Å². The highest BCUT2D eigenvalue weighted by molar-refractivity contribution is 7.89. The second-order valence-electron chi connectivity index (χ2n) is 4.16. The van der Waals surface area contributed by atoms with Crippen LogP contribution in [0.2, 0.25) is 0 Å². The van der Waals surface area contributed by atoms with Crippen LogP contribution >= 0.6 is 0 Å². The molecule has 1 rings (SSSR count). The van der Waals surface area contributed by atoms with Crippen LogP contribution in [-0.4, -0.2) is 20.2 Å². The van der Waals surface area contributed by atoms with Crippen LogP contribution in [0.3, 0.4) is 0 Å². The van der Waals surface area contributed by atoms with Crippen molar-refractivity contribution in [2.45, 2.75) is 45.1 Å². The van der Waals surface area contributed by atoms with E-state index in [9.17, 15) is 8.42 Å². The minimum Gasteiger partial charge on any atom is -0.211 e. The zero-order valence-electron chi connectivity index (χ0n) is 9.07. The summed E-state index contributed by atoms with van der Waals surface area (Å²) in [5, 5.41) is 8.34. The van der Waals surface area contributed by atoms with Gasteiger partial charge < -0.3 is 0 Å². The molecule has 0 aliphatic heterocycles. The van der Waals surface area contributed by atoms with Crippen molar-refractivity contribution in [1.82, 2.24) is 4.72 Å². The molecule has 1 aliphatic rings. The summed E-state index contributed by atoms with van der Waals surface area (Å²) in [5.74, 6) is 0.322. The number of rotatable bonds is 4. The smallest absolute Gasteiger partial charge is 0.211 e. The van der Waals surface area contributed by atoms with Crippen LogP contribution in [0.25, 0.3) is 0 Å². The van der Waals surface area contributed by atoms with E-state index >= 15 is 0 Å². The van der Waals surface area contributed by atoms with Gasteiger partial charge in [0.2, 0.25) is 10.0 Å². The van der Waals surface area contributed by atoms with Gasteiger partial charge in [0.15, 0.2) is 5.75 Å². The Balaban J connectivity index is 2.39. The van der Waals surface area contributed by atoms with Crippen LogP contribution < -0.4 is 4.72 Å². The van der Waals surface area contributed by atoms with E-state index in [0.29, 0.717) is 0 Å². The van der Waals surface area contributed by atoms with Crippen LogP contribution in [0, 0.1) is 17.2 Å². The van der Waals surface area contributed by atoms with Crippen molar-refractivity contribution in [2.24, 2.45) is 5.92 Å². The van der Waals surface area contributed by atoms with Gasteiger partial charge in [0.25, 0.3) is 0 Å². The molecule has 0 radical (unpaired) electrons. The predicted octanol–water partition coefficient (Wildman–Crippen LogP) is 1.40. The van der Waals surface area contributed by atoms with E-state index in [2.05, 4.69) is 11.6 Å². The van der Waals surface area contributed by atoms with Gasteiger partial charge in [-0.3, -0.25) is 0 Å². The Morgan fingerprint density at radius 2 is 1.93 bits per heavy atom. The third-order valence-electron chi connectivity index (χ3n) is 3.02. The lowest BCUT2D eigenvalue weighted by Crippen LogP contribution is -2.38. The van der Waals surface area contributed by atoms with Crippen LogP contribution in [0.4, 0.5) is 0 Å². The largest absolute Gasteiger partial charge is 0.225 e. The zero-order chi connectivity index (χ0) is 11.3. The standard InChI is InChI=1S/C10H18N2O2S/c1-2-9-3-5-10(6-4-9)12-15(13,14)8-7-11/h9-10,12H,2-6,8H2,1H3. The molecule has 0 atom stereocenters. The van der Waals surface area contributed by atoms with Crippen molar-refractivity contribution in [3.05, 3.63) is 0 Å². The molecule has 4 nitrogen and oxygen atoms in total. The first-order chi connectivity index (χ1) is 7.07. The first-order valence-corrected chi connectivity index (χ1v) is 7.09. The summed E-state index contributed by atoms with van der Waals surface area (Å²) in [5.41, 5.74) is 0. The average molecular weight is 230 g/mol. The molecule has 1 aliphatic carbocycles. The van der Waals surface area contributed by atoms with Crippen molar-refractivity contribution in [2.75, 3.05) is 5.75 Å². The van der Waals surface area contributed by atoms with Gasteiger partial charge in [-0.1, -0.05) is 13.3 Å². The third kappa shape index (κ3) is 4.18. The van der Waals surface area contributed by atoms with Crippen molar-refractivity contribution >= 4 is 10.0 Å². The van der Waals surface area contributed by atoms with Crippen LogP contribution in [0.5, 0.6) is 0 Å². The molecule has 0 spiro atoms.